The maximum atomic E-state index is 12.4. The molecule has 0 radical (unpaired) electrons. The molecule has 1 saturated heterocycles. The number of rotatable bonds is 6. The van der Waals surface area contributed by atoms with Crippen molar-refractivity contribution < 1.29 is 14.1 Å². The zero-order chi connectivity index (χ0) is 23.7. The van der Waals surface area contributed by atoms with Crippen LogP contribution in [0.25, 0.3) is 22.2 Å². The summed E-state index contributed by atoms with van der Waals surface area (Å²) in [6, 6.07) is 18.9. The summed E-state index contributed by atoms with van der Waals surface area (Å²) in [5.74, 6) is 1.56. The van der Waals surface area contributed by atoms with Gasteiger partial charge < -0.3 is 19.9 Å². The number of benzene rings is 3. The molecule has 0 aliphatic carbocycles. The molecule has 0 bridgehead atoms. The topological polar surface area (TPSA) is 118 Å². The Labute approximate surface area is 209 Å². The van der Waals surface area contributed by atoms with Crippen molar-refractivity contribution in [1.29, 1.82) is 5.41 Å². The number of aryl methyl sites for hydroxylation is 1. The van der Waals surface area contributed by atoms with Crippen LogP contribution in [0.4, 0.5) is 0 Å². The number of nitrogens with two attached hydrogens (primary N) is 1. The highest BCUT2D eigenvalue weighted by Gasteiger charge is 2.31. The Kier molecular flexibility index (Phi) is 7.02. The van der Waals surface area contributed by atoms with E-state index in [9.17, 15) is 4.79 Å². The highest BCUT2D eigenvalue weighted by molar-refractivity contribution is 5.97. The van der Waals surface area contributed by atoms with Gasteiger partial charge in [-0.1, -0.05) is 53.2 Å². The molecule has 8 nitrogen and oxygen atoms in total. The highest BCUT2D eigenvalue weighted by atomic mass is 35.5. The van der Waals surface area contributed by atoms with Crippen LogP contribution in [0.3, 0.4) is 0 Å². The first kappa shape index (κ1) is 24.2. The van der Waals surface area contributed by atoms with Gasteiger partial charge in [0.1, 0.15) is 11.8 Å². The van der Waals surface area contributed by atoms with E-state index in [1.807, 2.05) is 67.6 Å². The fourth-order valence-electron chi connectivity index (χ4n) is 4.22. The molecule has 0 unspecified atom stereocenters. The number of aromatic nitrogens is 2. The minimum atomic E-state index is -0.151. The molecule has 2 heterocycles. The summed E-state index contributed by atoms with van der Waals surface area (Å²) < 4.78 is 11.2. The minimum absolute atomic E-state index is 0. The quantitative estimate of drug-likeness (QED) is 0.223. The zero-order valence-corrected chi connectivity index (χ0v) is 20.0. The van der Waals surface area contributed by atoms with E-state index >= 15 is 0 Å². The van der Waals surface area contributed by atoms with Crippen LogP contribution in [0.5, 0.6) is 5.75 Å². The van der Waals surface area contributed by atoms with E-state index in [1.54, 1.807) is 4.90 Å². The fraction of sp³-hybridized carbons (Fsp3) is 0.231. The third-order valence-electron chi connectivity index (χ3n) is 6.10. The number of halogens is 1. The summed E-state index contributed by atoms with van der Waals surface area (Å²) in [5.41, 5.74) is 8.26. The lowest BCUT2D eigenvalue weighted by molar-refractivity contribution is 0.0921. The molecule has 0 amide bonds. The first-order valence-electron chi connectivity index (χ1n) is 11.2. The summed E-state index contributed by atoms with van der Waals surface area (Å²) >= 11 is 0. The number of carbonyl (C=O) groups excluding carboxylic acids is 1. The summed E-state index contributed by atoms with van der Waals surface area (Å²) in [6.07, 6.45) is 1.76. The van der Waals surface area contributed by atoms with Gasteiger partial charge in [0, 0.05) is 17.7 Å². The summed E-state index contributed by atoms with van der Waals surface area (Å²) in [4.78, 5) is 18.7. The Morgan fingerprint density at radius 1 is 1.14 bits per heavy atom. The van der Waals surface area contributed by atoms with Gasteiger partial charge in [0.2, 0.25) is 11.7 Å². The van der Waals surface area contributed by atoms with E-state index in [0.29, 0.717) is 29.6 Å². The number of hydrogen-bond acceptors (Lipinski definition) is 6. The third-order valence-corrected chi connectivity index (χ3v) is 6.10. The molecule has 4 aromatic rings. The predicted octanol–water partition coefficient (Wildman–Crippen LogP) is 4.91. The molecule has 0 saturated carbocycles. The molecule has 1 fully saturated rings. The van der Waals surface area contributed by atoms with Crippen LogP contribution in [-0.4, -0.2) is 39.9 Å². The number of ketones is 1. The van der Waals surface area contributed by atoms with Crippen molar-refractivity contribution in [2.45, 2.75) is 25.8 Å². The number of likely N-dealkylation sites (tertiary alicyclic amines) is 1. The van der Waals surface area contributed by atoms with E-state index in [2.05, 4.69) is 10.1 Å². The Hall–Kier alpha value is -3.91. The van der Waals surface area contributed by atoms with E-state index < -0.39 is 0 Å². The molecule has 9 heteroatoms. The van der Waals surface area contributed by atoms with Crippen LogP contribution in [-0.2, 0) is 0 Å². The van der Waals surface area contributed by atoms with Crippen LogP contribution in [0, 0.1) is 12.3 Å². The number of ether oxygens (including phenoxy) is 1. The molecule has 3 N–H and O–H groups in total. The van der Waals surface area contributed by atoms with Gasteiger partial charge in [0.15, 0.2) is 18.3 Å². The van der Waals surface area contributed by atoms with Crippen LogP contribution in [0.15, 0.2) is 65.2 Å². The molecule has 35 heavy (non-hydrogen) atoms. The summed E-state index contributed by atoms with van der Waals surface area (Å²) in [5, 5.41) is 13.9. The molecule has 1 aliphatic heterocycles. The van der Waals surface area contributed by atoms with Crippen molar-refractivity contribution in [3.8, 4) is 17.1 Å². The number of nitrogens with zero attached hydrogens (tertiary/aromatic N) is 3. The lowest BCUT2D eigenvalue weighted by Crippen LogP contribution is -2.35. The SMILES string of the molecule is Cc1ccc(C(=O)COc2ccc3cc(-c4noc([C@@H]5CCCN5C(=N)N)n4)ccc3c2)cc1.Cl. The van der Waals surface area contributed by atoms with Gasteiger partial charge in [-0.2, -0.15) is 4.98 Å². The van der Waals surface area contributed by atoms with Gasteiger partial charge in [-0.05, 0) is 48.7 Å². The van der Waals surface area contributed by atoms with Crippen molar-refractivity contribution in [1.82, 2.24) is 15.0 Å². The zero-order valence-electron chi connectivity index (χ0n) is 19.2. The molecule has 180 valence electrons. The number of hydrogen-bond donors (Lipinski definition) is 2. The van der Waals surface area contributed by atoms with Crippen molar-refractivity contribution in [3.63, 3.8) is 0 Å². The Morgan fingerprint density at radius 3 is 2.66 bits per heavy atom. The molecular weight excluding hydrogens is 466 g/mol. The van der Waals surface area contributed by atoms with Gasteiger partial charge in [0.25, 0.3) is 0 Å². The van der Waals surface area contributed by atoms with Gasteiger partial charge in [-0.25, -0.2) is 0 Å². The second-order valence-electron chi connectivity index (χ2n) is 8.49. The van der Waals surface area contributed by atoms with Crippen LogP contribution in [0.2, 0.25) is 0 Å². The second kappa shape index (κ2) is 10.1. The van der Waals surface area contributed by atoms with Crippen molar-refractivity contribution in [2.75, 3.05) is 13.2 Å². The predicted molar refractivity (Wildman–Crippen MR) is 136 cm³/mol. The van der Waals surface area contributed by atoms with Crippen LogP contribution in [0.1, 0.15) is 40.7 Å². The van der Waals surface area contributed by atoms with E-state index in [4.69, 9.17) is 20.4 Å². The molecule has 3 aromatic carbocycles. The number of guanidine groups is 1. The van der Waals surface area contributed by atoms with Gasteiger partial charge >= 0.3 is 0 Å². The highest BCUT2D eigenvalue weighted by Crippen LogP contribution is 2.32. The molecule has 5 rings (SSSR count). The summed E-state index contributed by atoms with van der Waals surface area (Å²) in [6.45, 7) is 2.69. The largest absolute Gasteiger partial charge is 0.485 e. The number of fused-ring (bicyclic) bond motifs is 1. The molecule has 1 atom stereocenters. The lowest BCUT2D eigenvalue weighted by atomic mass is 10.1. The minimum Gasteiger partial charge on any atom is -0.485 e. The normalized spacial score (nSPS) is 15.1. The van der Waals surface area contributed by atoms with E-state index in [1.165, 1.54) is 0 Å². The van der Waals surface area contributed by atoms with Crippen molar-refractivity contribution in [3.05, 3.63) is 77.7 Å². The van der Waals surface area contributed by atoms with Crippen LogP contribution < -0.4 is 10.5 Å². The van der Waals surface area contributed by atoms with Gasteiger partial charge in [-0.3, -0.25) is 10.2 Å². The third kappa shape index (κ3) is 5.12. The van der Waals surface area contributed by atoms with E-state index in [-0.39, 0.29) is 36.8 Å². The van der Waals surface area contributed by atoms with Crippen molar-refractivity contribution in [2.24, 2.45) is 5.73 Å². The number of nitrogens with one attached hydrogen (secondary N) is 1. The second-order valence-corrected chi connectivity index (χ2v) is 8.49. The Morgan fingerprint density at radius 2 is 1.89 bits per heavy atom. The Bertz CT molecular complexity index is 1370. The molecule has 1 aromatic heterocycles. The monoisotopic (exact) mass is 491 g/mol. The fourth-order valence-corrected chi connectivity index (χ4v) is 4.22. The smallest absolute Gasteiger partial charge is 0.249 e. The first-order valence-corrected chi connectivity index (χ1v) is 11.2. The van der Waals surface area contributed by atoms with E-state index in [0.717, 1.165) is 34.7 Å². The van der Waals surface area contributed by atoms with Crippen molar-refractivity contribution >= 4 is 34.9 Å². The lowest BCUT2D eigenvalue weighted by Gasteiger charge is -2.21. The van der Waals surface area contributed by atoms with Gasteiger partial charge in [0.05, 0.1) is 0 Å². The van der Waals surface area contributed by atoms with Crippen LogP contribution >= 0.6 is 12.4 Å². The average molecular weight is 492 g/mol. The average Bonchev–Trinajstić information content (AvgIpc) is 3.52. The number of carbonyl (C=O) groups is 1. The molecular formula is C26H26ClN5O3. The number of Topliss-reactive ketones (excluding diaryl/α,β-unsaturated/α-hetero) is 1. The molecule has 0 spiro atoms. The summed E-state index contributed by atoms with van der Waals surface area (Å²) in [7, 11) is 0. The standard InChI is InChI=1S/C26H25N5O3.ClH/c1-16-4-6-17(7-5-16)23(32)15-33-21-11-10-18-13-20(9-8-19(18)14-21)24-29-25(34-30-24)22-3-2-12-31(22)26(27)28;/h4-11,13-14,22H,2-3,12,15H2,1H3,(H3,27,28);1H/t22-;/m0./s1. The van der Waals surface area contributed by atoms with Gasteiger partial charge in [-0.15, -0.1) is 12.4 Å². The maximum absolute atomic E-state index is 12.4. The Balaban J connectivity index is 0.00000289. The molecule has 1 aliphatic rings. The maximum Gasteiger partial charge on any atom is 0.249 e. The first-order chi connectivity index (χ1) is 16.5.